The number of amides is 1. The monoisotopic (exact) mass is 333 g/mol. The maximum Gasteiger partial charge on any atom is 0.240 e. The van der Waals surface area contributed by atoms with Crippen LogP contribution in [0.15, 0.2) is 71.6 Å². The Morgan fingerprint density at radius 2 is 1.75 bits per heavy atom. The Morgan fingerprint density at radius 1 is 1.00 bits per heavy atom. The van der Waals surface area contributed by atoms with Gasteiger partial charge in [0.15, 0.2) is 0 Å². The van der Waals surface area contributed by atoms with Crippen molar-refractivity contribution in [2.45, 2.75) is 23.5 Å². The van der Waals surface area contributed by atoms with Gasteiger partial charge in [-0.25, -0.2) is 0 Å². The van der Waals surface area contributed by atoms with Crippen LogP contribution in [-0.2, 0) is 11.2 Å². The van der Waals surface area contributed by atoms with Crippen LogP contribution in [0, 0.1) is 0 Å². The molecule has 1 atom stereocenters. The van der Waals surface area contributed by atoms with Gasteiger partial charge in [0.25, 0.3) is 0 Å². The molecular weight excluding hydrogens is 314 g/mol. The van der Waals surface area contributed by atoms with Gasteiger partial charge in [0.1, 0.15) is 0 Å². The van der Waals surface area contributed by atoms with E-state index in [9.17, 15) is 4.79 Å². The predicted octanol–water partition coefficient (Wildman–Crippen LogP) is 4.91. The number of benzene rings is 3. The summed E-state index contributed by atoms with van der Waals surface area (Å²) in [5.41, 5.74) is 2.35. The van der Waals surface area contributed by atoms with Crippen molar-refractivity contribution in [1.29, 1.82) is 0 Å². The summed E-state index contributed by atoms with van der Waals surface area (Å²) in [6.45, 7) is 2.80. The third-order valence-corrected chi connectivity index (χ3v) is 5.62. The molecule has 4 rings (SSSR count). The van der Waals surface area contributed by atoms with Gasteiger partial charge in [-0.15, -0.1) is 11.8 Å². The molecule has 0 aliphatic carbocycles. The fourth-order valence-electron chi connectivity index (χ4n) is 3.28. The van der Waals surface area contributed by atoms with E-state index >= 15 is 0 Å². The molecule has 1 aliphatic rings. The lowest BCUT2D eigenvalue weighted by Gasteiger charge is -2.21. The van der Waals surface area contributed by atoms with E-state index in [2.05, 4.69) is 36.4 Å². The molecule has 0 aromatic heterocycles. The van der Waals surface area contributed by atoms with Crippen molar-refractivity contribution in [1.82, 2.24) is 0 Å². The van der Waals surface area contributed by atoms with E-state index in [4.69, 9.17) is 0 Å². The Kier molecular flexibility index (Phi) is 4.03. The number of nitrogens with zero attached hydrogens (tertiary/aromatic N) is 1. The SMILES string of the molecule is C[C@H](Sc1ccc2ccccc2c1)C(=O)N1CCc2ccccc21. The highest BCUT2D eigenvalue weighted by Crippen LogP contribution is 2.32. The highest BCUT2D eigenvalue weighted by Gasteiger charge is 2.28. The first-order valence-corrected chi connectivity index (χ1v) is 9.15. The van der Waals surface area contributed by atoms with Crippen LogP contribution in [0.5, 0.6) is 0 Å². The van der Waals surface area contributed by atoms with Crippen LogP contribution < -0.4 is 4.90 Å². The van der Waals surface area contributed by atoms with Crippen molar-refractivity contribution < 1.29 is 4.79 Å². The van der Waals surface area contributed by atoms with Crippen LogP contribution in [0.25, 0.3) is 10.8 Å². The van der Waals surface area contributed by atoms with Gasteiger partial charge in [-0.1, -0.05) is 48.5 Å². The van der Waals surface area contributed by atoms with Gasteiger partial charge in [0.2, 0.25) is 5.91 Å². The van der Waals surface area contributed by atoms with E-state index in [1.807, 2.05) is 42.2 Å². The standard InChI is InChI=1S/C21H19NOS/c1-15(21(23)22-13-12-17-7-4-5-9-20(17)22)24-19-11-10-16-6-2-3-8-18(16)14-19/h2-11,14-15H,12-13H2,1H3/t15-/m0/s1. The largest absolute Gasteiger partial charge is 0.311 e. The van der Waals surface area contributed by atoms with E-state index in [0.717, 1.165) is 23.5 Å². The summed E-state index contributed by atoms with van der Waals surface area (Å²) in [4.78, 5) is 16.0. The number of hydrogen-bond donors (Lipinski definition) is 0. The average Bonchev–Trinajstić information content (AvgIpc) is 3.05. The molecule has 0 unspecified atom stereocenters. The molecule has 2 nitrogen and oxygen atoms in total. The summed E-state index contributed by atoms with van der Waals surface area (Å²) in [5.74, 6) is 0.193. The lowest BCUT2D eigenvalue weighted by atomic mass is 10.1. The zero-order valence-electron chi connectivity index (χ0n) is 13.6. The molecule has 120 valence electrons. The summed E-state index contributed by atoms with van der Waals surface area (Å²) in [6, 6.07) is 22.9. The van der Waals surface area contributed by atoms with Crippen LogP contribution in [-0.4, -0.2) is 17.7 Å². The topological polar surface area (TPSA) is 20.3 Å². The van der Waals surface area contributed by atoms with Crippen molar-refractivity contribution in [2.24, 2.45) is 0 Å². The molecule has 1 amide bonds. The molecule has 0 bridgehead atoms. The van der Waals surface area contributed by atoms with Crippen molar-refractivity contribution in [3.8, 4) is 0 Å². The van der Waals surface area contributed by atoms with Gasteiger partial charge in [0, 0.05) is 17.1 Å². The minimum absolute atomic E-state index is 0.0997. The smallest absolute Gasteiger partial charge is 0.240 e. The molecule has 0 saturated carbocycles. The van der Waals surface area contributed by atoms with Gasteiger partial charge >= 0.3 is 0 Å². The summed E-state index contributed by atoms with van der Waals surface area (Å²) < 4.78 is 0. The first kappa shape index (κ1) is 15.3. The summed E-state index contributed by atoms with van der Waals surface area (Å²) in [6.07, 6.45) is 0.954. The molecule has 3 aromatic carbocycles. The van der Waals surface area contributed by atoms with Crippen molar-refractivity contribution in [3.63, 3.8) is 0 Å². The van der Waals surface area contributed by atoms with Gasteiger partial charge in [-0.3, -0.25) is 4.79 Å². The lowest BCUT2D eigenvalue weighted by molar-refractivity contribution is -0.117. The number of thioether (sulfide) groups is 1. The Hall–Kier alpha value is -2.26. The van der Waals surface area contributed by atoms with Gasteiger partial charge in [-0.05, 0) is 47.9 Å². The molecule has 3 heteroatoms. The number of anilines is 1. The molecule has 0 saturated heterocycles. The summed E-state index contributed by atoms with van der Waals surface area (Å²) in [5, 5.41) is 2.35. The lowest BCUT2D eigenvalue weighted by Crippen LogP contribution is -2.35. The second kappa shape index (κ2) is 6.33. The first-order chi connectivity index (χ1) is 11.7. The minimum atomic E-state index is -0.0997. The van der Waals surface area contributed by atoms with Crippen LogP contribution in [0.1, 0.15) is 12.5 Å². The summed E-state index contributed by atoms with van der Waals surface area (Å²) in [7, 11) is 0. The van der Waals surface area contributed by atoms with E-state index in [1.54, 1.807) is 11.8 Å². The number of para-hydroxylation sites is 1. The van der Waals surface area contributed by atoms with Crippen LogP contribution in [0.2, 0.25) is 0 Å². The fourth-order valence-corrected chi connectivity index (χ4v) is 4.26. The molecule has 24 heavy (non-hydrogen) atoms. The fraction of sp³-hybridized carbons (Fsp3) is 0.190. The number of carbonyl (C=O) groups is 1. The zero-order chi connectivity index (χ0) is 16.5. The van der Waals surface area contributed by atoms with Crippen LogP contribution >= 0.6 is 11.8 Å². The van der Waals surface area contributed by atoms with Crippen molar-refractivity contribution >= 4 is 34.1 Å². The van der Waals surface area contributed by atoms with E-state index in [-0.39, 0.29) is 11.2 Å². The van der Waals surface area contributed by atoms with Gasteiger partial charge in [0.05, 0.1) is 5.25 Å². The highest BCUT2D eigenvalue weighted by atomic mass is 32.2. The summed E-state index contributed by atoms with van der Waals surface area (Å²) >= 11 is 1.64. The molecule has 0 spiro atoms. The van der Waals surface area contributed by atoms with Crippen LogP contribution in [0.4, 0.5) is 5.69 Å². The Labute approximate surface area is 146 Å². The molecule has 0 radical (unpaired) electrons. The second-order valence-corrected chi connectivity index (χ2v) is 7.55. The third-order valence-electron chi connectivity index (χ3n) is 4.53. The number of carbonyl (C=O) groups excluding carboxylic acids is 1. The molecular formula is C21H19NOS. The average molecular weight is 333 g/mol. The Bertz CT molecular complexity index is 905. The molecule has 0 fully saturated rings. The van der Waals surface area contributed by atoms with Crippen molar-refractivity contribution in [3.05, 3.63) is 72.3 Å². The first-order valence-electron chi connectivity index (χ1n) is 8.27. The molecule has 0 N–H and O–H groups in total. The minimum Gasteiger partial charge on any atom is -0.311 e. The Morgan fingerprint density at radius 3 is 2.62 bits per heavy atom. The molecule has 3 aromatic rings. The zero-order valence-corrected chi connectivity index (χ0v) is 14.4. The third kappa shape index (κ3) is 2.80. The maximum atomic E-state index is 12.9. The molecule has 1 aliphatic heterocycles. The van der Waals surface area contributed by atoms with E-state index in [0.29, 0.717) is 0 Å². The van der Waals surface area contributed by atoms with Gasteiger partial charge in [-0.2, -0.15) is 0 Å². The van der Waals surface area contributed by atoms with Gasteiger partial charge < -0.3 is 4.90 Å². The van der Waals surface area contributed by atoms with Crippen molar-refractivity contribution in [2.75, 3.05) is 11.4 Å². The second-order valence-electron chi connectivity index (χ2n) is 6.14. The van der Waals surface area contributed by atoms with Crippen LogP contribution in [0.3, 0.4) is 0 Å². The number of fused-ring (bicyclic) bond motifs is 2. The van der Waals surface area contributed by atoms with E-state index < -0.39 is 0 Å². The highest BCUT2D eigenvalue weighted by molar-refractivity contribution is 8.00. The number of rotatable bonds is 3. The number of hydrogen-bond acceptors (Lipinski definition) is 2. The molecule has 1 heterocycles. The normalized spacial score (nSPS) is 14.6. The Balaban J connectivity index is 1.53. The quantitative estimate of drug-likeness (QED) is 0.635. The maximum absolute atomic E-state index is 12.9. The van der Waals surface area contributed by atoms with E-state index in [1.165, 1.54) is 16.3 Å². The predicted molar refractivity (Wildman–Crippen MR) is 102 cm³/mol.